The maximum Gasteiger partial charge on any atom is 0.271 e. The predicted molar refractivity (Wildman–Crippen MR) is 60.5 cm³/mol. The van der Waals surface area contributed by atoms with E-state index in [4.69, 9.17) is 4.55 Å². The van der Waals surface area contributed by atoms with Crippen molar-refractivity contribution >= 4 is 10.1 Å². The van der Waals surface area contributed by atoms with Crippen molar-refractivity contribution in [2.24, 2.45) is 0 Å². The Balaban J connectivity index is 3.11. The fourth-order valence-electron chi connectivity index (χ4n) is 1.34. The third-order valence-corrected chi connectivity index (χ3v) is 3.66. The first-order valence-corrected chi connectivity index (χ1v) is 6.39. The Hall–Kier alpha value is -0.870. The summed E-state index contributed by atoms with van der Waals surface area (Å²) in [5.41, 5.74) is 1.70. The van der Waals surface area contributed by atoms with Crippen molar-refractivity contribution in [2.75, 3.05) is 0 Å². The molecule has 0 aliphatic heterocycles. The molecular weight excluding hydrogens is 212 g/mol. The largest absolute Gasteiger partial charge is 0.285 e. The molecule has 0 bridgehead atoms. The van der Waals surface area contributed by atoms with Crippen molar-refractivity contribution in [1.82, 2.24) is 0 Å². The van der Waals surface area contributed by atoms with E-state index in [9.17, 15) is 8.42 Å². The highest BCUT2D eigenvalue weighted by molar-refractivity contribution is 7.86. The van der Waals surface area contributed by atoms with Crippen LogP contribution in [0.4, 0.5) is 0 Å². The van der Waals surface area contributed by atoms with E-state index in [-0.39, 0.29) is 0 Å². The molecule has 0 fully saturated rings. The van der Waals surface area contributed by atoms with E-state index in [1.807, 2.05) is 32.0 Å². The van der Waals surface area contributed by atoms with Gasteiger partial charge in [-0.05, 0) is 24.0 Å². The van der Waals surface area contributed by atoms with Crippen LogP contribution in [0.5, 0.6) is 0 Å². The summed E-state index contributed by atoms with van der Waals surface area (Å²) in [6.07, 6.45) is 0. The summed E-state index contributed by atoms with van der Waals surface area (Å²) in [5, 5.41) is -0.865. The molecule has 0 amide bonds. The maximum absolute atomic E-state index is 11.0. The van der Waals surface area contributed by atoms with Crippen LogP contribution in [0, 0.1) is 0 Å². The molecule has 0 spiro atoms. The van der Waals surface area contributed by atoms with E-state index < -0.39 is 15.4 Å². The first-order valence-electron chi connectivity index (χ1n) is 4.88. The highest BCUT2D eigenvalue weighted by Crippen LogP contribution is 2.24. The zero-order valence-corrected chi connectivity index (χ0v) is 9.95. The molecule has 1 rings (SSSR count). The van der Waals surface area contributed by atoms with Gasteiger partial charge in [-0.15, -0.1) is 0 Å². The van der Waals surface area contributed by atoms with Crippen LogP contribution in [0.3, 0.4) is 0 Å². The van der Waals surface area contributed by atoms with Crippen LogP contribution < -0.4 is 0 Å². The quantitative estimate of drug-likeness (QED) is 0.809. The number of hydrogen-bond donors (Lipinski definition) is 1. The molecule has 1 atom stereocenters. The van der Waals surface area contributed by atoms with Gasteiger partial charge in [0.25, 0.3) is 10.1 Å². The Morgan fingerprint density at radius 2 is 1.67 bits per heavy atom. The monoisotopic (exact) mass is 228 g/mol. The third-order valence-electron chi connectivity index (χ3n) is 2.49. The van der Waals surface area contributed by atoms with Crippen molar-refractivity contribution < 1.29 is 13.0 Å². The van der Waals surface area contributed by atoms with Crippen LogP contribution in [0.1, 0.15) is 43.1 Å². The molecule has 0 radical (unpaired) electrons. The minimum absolute atomic E-state index is 0.346. The van der Waals surface area contributed by atoms with E-state index in [1.165, 1.54) is 6.92 Å². The van der Waals surface area contributed by atoms with E-state index in [2.05, 4.69) is 0 Å². The fourth-order valence-corrected chi connectivity index (χ4v) is 1.83. The van der Waals surface area contributed by atoms with Gasteiger partial charge in [0.2, 0.25) is 0 Å². The van der Waals surface area contributed by atoms with Crippen LogP contribution in [0.25, 0.3) is 0 Å². The lowest BCUT2D eigenvalue weighted by Gasteiger charge is -2.11. The van der Waals surface area contributed by atoms with Gasteiger partial charge in [0.05, 0.1) is 0 Å². The molecule has 1 aromatic carbocycles. The lowest BCUT2D eigenvalue weighted by Crippen LogP contribution is -2.08. The Kier molecular flexibility index (Phi) is 3.52. The Labute approximate surface area is 90.9 Å². The molecule has 84 valence electrons. The van der Waals surface area contributed by atoms with Gasteiger partial charge >= 0.3 is 0 Å². The fraction of sp³-hybridized carbons (Fsp3) is 0.455. The van der Waals surface area contributed by atoms with Crippen LogP contribution >= 0.6 is 0 Å². The molecule has 0 heterocycles. The molecule has 1 N–H and O–H groups in total. The summed E-state index contributed by atoms with van der Waals surface area (Å²) < 4.78 is 30.9. The summed E-state index contributed by atoms with van der Waals surface area (Å²) in [7, 11) is -4.00. The Morgan fingerprint density at radius 3 is 2.13 bits per heavy atom. The highest BCUT2D eigenvalue weighted by atomic mass is 32.2. The van der Waals surface area contributed by atoms with Gasteiger partial charge in [-0.25, -0.2) is 0 Å². The molecule has 0 aromatic heterocycles. The van der Waals surface area contributed by atoms with Crippen molar-refractivity contribution in [3.8, 4) is 0 Å². The second-order valence-electron chi connectivity index (χ2n) is 3.98. The van der Waals surface area contributed by atoms with Gasteiger partial charge in [-0.1, -0.05) is 38.1 Å². The molecule has 15 heavy (non-hydrogen) atoms. The summed E-state index contributed by atoms with van der Waals surface area (Å²) in [5.74, 6) is 0.346. The van der Waals surface area contributed by atoms with Crippen LogP contribution in [0.2, 0.25) is 0 Å². The summed E-state index contributed by atoms with van der Waals surface area (Å²) in [4.78, 5) is 0. The van der Waals surface area contributed by atoms with Gasteiger partial charge in [0.1, 0.15) is 5.25 Å². The topological polar surface area (TPSA) is 54.4 Å². The first kappa shape index (κ1) is 12.2. The van der Waals surface area contributed by atoms with Crippen molar-refractivity contribution in [2.45, 2.75) is 31.9 Å². The normalized spacial score (nSPS) is 14.2. The second kappa shape index (κ2) is 4.33. The number of rotatable bonds is 3. The number of hydrogen-bond acceptors (Lipinski definition) is 2. The molecule has 3 nitrogen and oxygen atoms in total. The van der Waals surface area contributed by atoms with Crippen molar-refractivity contribution in [3.63, 3.8) is 0 Å². The average Bonchev–Trinajstić information content (AvgIpc) is 2.15. The predicted octanol–water partition coefficient (Wildman–Crippen LogP) is 2.76. The zero-order chi connectivity index (χ0) is 11.6. The number of benzene rings is 1. The first-order chi connectivity index (χ1) is 6.82. The summed E-state index contributed by atoms with van der Waals surface area (Å²) in [6.45, 7) is 5.56. The van der Waals surface area contributed by atoms with Crippen LogP contribution in [-0.4, -0.2) is 13.0 Å². The molecule has 0 saturated carbocycles. The Morgan fingerprint density at radius 1 is 1.13 bits per heavy atom. The van der Waals surface area contributed by atoms with E-state index >= 15 is 0 Å². The van der Waals surface area contributed by atoms with Gasteiger partial charge in [-0.2, -0.15) is 8.42 Å². The smallest absolute Gasteiger partial charge is 0.271 e. The van der Waals surface area contributed by atoms with Crippen molar-refractivity contribution in [3.05, 3.63) is 35.4 Å². The van der Waals surface area contributed by atoms with Gasteiger partial charge in [0, 0.05) is 0 Å². The lowest BCUT2D eigenvalue weighted by molar-refractivity contribution is 0.472. The van der Waals surface area contributed by atoms with E-state index in [0.717, 1.165) is 5.56 Å². The average molecular weight is 228 g/mol. The minimum atomic E-state index is -4.00. The van der Waals surface area contributed by atoms with Crippen molar-refractivity contribution in [1.29, 1.82) is 0 Å². The summed E-state index contributed by atoms with van der Waals surface area (Å²) in [6, 6.07) is 7.30. The van der Waals surface area contributed by atoms with Gasteiger partial charge < -0.3 is 0 Å². The maximum atomic E-state index is 11.0. The van der Waals surface area contributed by atoms with Crippen LogP contribution in [0.15, 0.2) is 24.3 Å². The minimum Gasteiger partial charge on any atom is -0.285 e. The standard InChI is InChI=1S/C11H16O3S/c1-8(2)10-5-4-6-11(7-10)9(3)15(12,13)14/h4-9H,1-3H3,(H,12,13,14). The summed E-state index contributed by atoms with van der Waals surface area (Å²) >= 11 is 0. The molecule has 0 aliphatic carbocycles. The molecular formula is C11H16O3S. The SMILES string of the molecule is CC(C)c1cccc(C(C)S(=O)(=O)O)c1. The van der Waals surface area contributed by atoms with Gasteiger partial charge in [0.15, 0.2) is 0 Å². The third kappa shape index (κ3) is 3.04. The van der Waals surface area contributed by atoms with Crippen LogP contribution in [-0.2, 0) is 10.1 Å². The zero-order valence-electron chi connectivity index (χ0n) is 9.14. The second-order valence-corrected chi connectivity index (χ2v) is 5.72. The molecule has 0 aliphatic rings. The highest BCUT2D eigenvalue weighted by Gasteiger charge is 2.19. The van der Waals surface area contributed by atoms with Gasteiger partial charge in [-0.3, -0.25) is 4.55 Å². The van der Waals surface area contributed by atoms with E-state index in [1.54, 1.807) is 6.07 Å². The Bertz CT molecular complexity index is 435. The molecule has 1 unspecified atom stereocenters. The van der Waals surface area contributed by atoms with E-state index in [0.29, 0.717) is 11.5 Å². The molecule has 1 aromatic rings. The molecule has 4 heteroatoms. The molecule has 0 saturated heterocycles. The lowest BCUT2D eigenvalue weighted by atomic mass is 10.00.